The molecule has 0 heterocycles. The summed E-state index contributed by atoms with van der Waals surface area (Å²) in [5.74, 6) is 0. The van der Waals surface area contributed by atoms with Crippen LogP contribution >= 0.6 is 0 Å². The lowest BCUT2D eigenvalue weighted by molar-refractivity contribution is 0.0294. The zero-order chi connectivity index (χ0) is 13.6. The maximum atomic E-state index is 5.84. The molecule has 0 radical (unpaired) electrons. The van der Waals surface area contributed by atoms with Gasteiger partial charge in [-0.15, -0.1) is 0 Å². The summed E-state index contributed by atoms with van der Waals surface area (Å²) < 4.78 is 5.84. The minimum absolute atomic E-state index is 0.394. The number of likely N-dealkylation sites (N-methyl/N-ethyl adjacent to an activating group) is 1. The number of hydrogen-bond donors (Lipinski definition) is 1. The maximum absolute atomic E-state index is 5.84. The molecule has 0 rings (SSSR count). The lowest BCUT2D eigenvalue weighted by atomic mass is 10.00. The first kappa shape index (κ1) is 17.9. The molecule has 0 saturated carbocycles. The van der Waals surface area contributed by atoms with E-state index in [1.54, 1.807) is 0 Å². The molecule has 0 aliphatic rings. The second kappa shape index (κ2) is 13.4. The van der Waals surface area contributed by atoms with Crippen LogP contribution in [0.2, 0.25) is 0 Å². The van der Waals surface area contributed by atoms with Gasteiger partial charge in [-0.3, -0.25) is 0 Å². The summed E-state index contributed by atoms with van der Waals surface area (Å²) >= 11 is 0. The Morgan fingerprint density at radius 2 is 1.56 bits per heavy atom. The second-order valence-electron chi connectivity index (χ2n) is 5.12. The Hall–Kier alpha value is -0.0800. The molecule has 2 atom stereocenters. The fraction of sp³-hybridized carbons (Fsp3) is 1.00. The van der Waals surface area contributed by atoms with Gasteiger partial charge in [-0.1, -0.05) is 59.3 Å². The van der Waals surface area contributed by atoms with Gasteiger partial charge in [0.05, 0.1) is 6.10 Å². The topological polar surface area (TPSA) is 21.3 Å². The van der Waals surface area contributed by atoms with E-state index >= 15 is 0 Å². The molecule has 0 aromatic rings. The molecule has 0 aromatic carbocycles. The summed E-state index contributed by atoms with van der Waals surface area (Å²) in [5, 5.41) is 3.60. The highest BCUT2D eigenvalue weighted by Crippen LogP contribution is 2.14. The van der Waals surface area contributed by atoms with Crippen LogP contribution in [0.4, 0.5) is 0 Å². The SMILES string of the molecule is CCCCCCCCC(NCC)C(CC)OCC. The molecule has 0 saturated heterocycles. The molecule has 110 valence electrons. The molecule has 2 heteroatoms. The number of nitrogens with one attached hydrogen (secondary N) is 1. The molecule has 2 unspecified atom stereocenters. The highest BCUT2D eigenvalue weighted by molar-refractivity contribution is 4.75. The quantitative estimate of drug-likeness (QED) is 0.489. The number of ether oxygens (including phenoxy) is 1. The Morgan fingerprint density at radius 1 is 0.889 bits per heavy atom. The molecule has 0 amide bonds. The van der Waals surface area contributed by atoms with Crippen molar-refractivity contribution in [2.45, 2.75) is 91.2 Å². The Balaban J connectivity index is 3.80. The van der Waals surface area contributed by atoms with Gasteiger partial charge in [0.2, 0.25) is 0 Å². The van der Waals surface area contributed by atoms with Crippen LogP contribution < -0.4 is 5.32 Å². The zero-order valence-corrected chi connectivity index (χ0v) is 13.1. The normalized spacial score (nSPS) is 14.7. The van der Waals surface area contributed by atoms with Crippen LogP contribution in [0, 0.1) is 0 Å². The average molecular weight is 257 g/mol. The fourth-order valence-electron chi connectivity index (χ4n) is 2.56. The summed E-state index contributed by atoms with van der Waals surface area (Å²) in [5.41, 5.74) is 0. The van der Waals surface area contributed by atoms with E-state index in [1.807, 2.05) is 0 Å². The highest BCUT2D eigenvalue weighted by atomic mass is 16.5. The molecule has 0 spiro atoms. The van der Waals surface area contributed by atoms with E-state index in [0.29, 0.717) is 12.1 Å². The van der Waals surface area contributed by atoms with Crippen LogP contribution in [0.25, 0.3) is 0 Å². The molecular formula is C16H35NO. The van der Waals surface area contributed by atoms with Gasteiger partial charge in [0, 0.05) is 12.6 Å². The first-order valence-electron chi connectivity index (χ1n) is 8.14. The van der Waals surface area contributed by atoms with Crippen molar-refractivity contribution < 1.29 is 4.74 Å². The van der Waals surface area contributed by atoms with Crippen molar-refractivity contribution in [3.05, 3.63) is 0 Å². The predicted molar refractivity (Wildman–Crippen MR) is 81.2 cm³/mol. The minimum atomic E-state index is 0.394. The van der Waals surface area contributed by atoms with Crippen molar-refractivity contribution in [3.63, 3.8) is 0 Å². The zero-order valence-electron chi connectivity index (χ0n) is 13.1. The number of unbranched alkanes of at least 4 members (excludes halogenated alkanes) is 5. The van der Waals surface area contributed by atoms with E-state index in [-0.39, 0.29) is 0 Å². The Morgan fingerprint density at radius 3 is 2.11 bits per heavy atom. The van der Waals surface area contributed by atoms with Gasteiger partial charge < -0.3 is 10.1 Å². The molecule has 0 fully saturated rings. The Labute approximate surface area is 115 Å². The van der Waals surface area contributed by atoms with E-state index in [2.05, 4.69) is 33.0 Å². The summed E-state index contributed by atoms with van der Waals surface area (Å²) in [6.45, 7) is 10.7. The van der Waals surface area contributed by atoms with E-state index in [0.717, 1.165) is 19.6 Å². The predicted octanol–water partition coefficient (Wildman–Crippen LogP) is 4.53. The van der Waals surface area contributed by atoms with Gasteiger partial charge >= 0.3 is 0 Å². The summed E-state index contributed by atoms with van der Waals surface area (Å²) in [4.78, 5) is 0. The Bertz CT molecular complexity index is 161. The third-order valence-electron chi connectivity index (χ3n) is 3.57. The van der Waals surface area contributed by atoms with Crippen molar-refractivity contribution in [3.8, 4) is 0 Å². The summed E-state index contributed by atoms with van der Waals surface area (Å²) in [6.07, 6.45) is 11.0. The van der Waals surface area contributed by atoms with Gasteiger partial charge in [-0.05, 0) is 26.3 Å². The second-order valence-corrected chi connectivity index (χ2v) is 5.12. The van der Waals surface area contributed by atoms with Crippen LogP contribution in [0.5, 0.6) is 0 Å². The van der Waals surface area contributed by atoms with Gasteiger partial charge in [0.1, 0.15) is 0 Å². The molecule has 18 heavy (non-hydrogen) atoms. The van der Waals surface area contributed by atoms with Crippen molar-refractivity contribution in [1.29, 1.82) is 0 Å². The van der Waals surface area contributed by atoms with E-state index in [4.69, 9.17) is 4.74 Å². The smallest absolute Gasteiger partial charge is 0.0725 e. The van der Waals surface area contributed by atoms with Crippen LogP contribution in [0.3, 0.4) is 0 Å². The summed E-state index contributed by atoms with van der Waals surface area (Å²) in [6, 6.07) is 0.547. The third-order valence-corrected chi connectivity index (χ3v) is 3.57. The first-order chi connectivity index (χ1) is 8.79. The lowest BCUT2D eigenvalue weighted by Gasteiger charge is -2.27. The van der Waals surface area contributed by atoms with E-state index in [1.165, 1.54) is 44.9 Å². The maximum Gasteiger partial charge on any atom is 0.0725 e. The lowest BCUT2D eigenvalue weighted by Crippen LogP contribution is -2.41. The molecule has 1 N–H and O–H groups in total. The van der Waals surface area contributed by atoms with Crippen LogP contribution in [-0.2, 0) is 4.74 Å². The molecule has 0 bridgehead atoms. The molecule has 0 aliphatic heterocycles. The van der Waals surface area contributed by atoms with Crippen molar-refractivity contribution >= 4 is 0 Å². The van der Waals surface area contributed by atoms with Crippen molar-refractivity contribution in [1.82, 2.24) is 5.32 Å². The molecule has 2 nitrogen and oxygen atoms in total. The van der Waals surface area contributed by atoms with Gasteiger partial charge in [-0.25, -0.2) is 0 Å². The highest BCUT2D eigenvalue weighted by Gasteiger charge is 2.18. The standard InChI is InChI=1S/C16H35NO/c1-5-9-10-11-12-13-14-15(17-7-3)16(6-2)18-8-4/h15-17H,5-14H2,1-4H3. The summed E-state index contributed by atoms with van der Waals surface area (Å²) in [7, 11) is 0. The third kappa shape index (κ3) is 8.93. The minimum Gasteiger partial charge on any atom is -0.377 e. The molecule has 0 aliphatic carbocycles. The van der Waals surface area contributed by atoms with Crippen molar-refractivity contribution in [2.75, 3.05) is 13.2 Å². The van der Waals surface area contributed by atoms with Gasteiger partial charge in [0.25, 0.3) is 0 Å². The Kier molecular flexibility index (Phi) is 13.3. The van der Waals surface area contributed by atoms with Crippen molar-refractivity contribution in [2.24, 2.45) is 0 Å². The monoisotopic (exact) mass is 257 g/mol. The number of hydrogen-bond acceptors (Lipinski definition) is 2. The molecule has 0 aromatic heterocycles. The number of rotatable bonds is 13. The van der Waals surface area contributed by atoms with E-state index in [9.17, 15) is 0 Å². The van der Waals surface area contributed by atoms with Crippen LogP contribution in [0.1, 0.15) is 79.1 Å². The van der Waals surface area contributed by atoms with Crippen LogP contribution in [-0.4, -0.2) is 25.3 Å². The fourth-order valence-corrected chi connectivity index (χ4v) is 2.56. The average Bonchev–Trinajstić information content (AvgIpc) is 2.39. The molecular weight excluding hydrogens is 222 g/mol. The van der Waals surface area contributed by atoms with Crippen LogP contribution in [0.15, 0.2) is 0 Å². The first-order valence-corrected chi connectivity index (χ1v) is 8.14. The largest absolute Gasteiger partial charge is 0.377 e. The van der Waals surface area contributed by atoms with Gasteiger partial charge in [0.15, 0.2) is 0 Å². The van der Waals surface area contributed by atoms with Gasteiger partial charge in [-0.2, -0.15) is 0 Å². The van der Waals surface area contributed by atoms with E-state index < -0.39 is 0 Å².